The molecule has 3 aromatic rings. The maximum atomic E-state index is 5.02. The van der Waals surface area contributed by atoms with E-state index < -0.39 is 0 Å². The Balaban J connectivity index is 0.00000131. The number of nitrogens with zero attached hydrogens (tertiary/aromatic N) is 4. The lowest BCUT2D eigenvalue weighted by Gasteiger charge is -2.30. The lowest BCUT2D eigenvalue weighted by molar-refractivity contribution is 0.215. The van der Waals surface area contributed by atoms with E-state index in [-0.39, 0.29) is 30.3 Å². The summed E-state index contributed by atoms with van der Waals surface area (Å²) in [6.07, 6.45) is 5.29. The van der Waals surface area contributed by atoms with Crippen molar-refractivity contribution < 1.29 is 5.48 Å². The third kappa shape index (κ3) is 5.78. The quantitative estimate of drug-likeness (QED) is 0.621. The van der Waals surface area contributed by atoms with Gasteiger partial charge in [0.1, 0.15) is 4.83 Å². The van der Waals surface area contributed by atoms with Crippen LogP contribution in [-0.4, -0.2) is 45.6 Å². The van der Waals surface area contributed by atoms with Crippen molar-refractivity contribution in [3.8, 4) is 0 Å². The third-order valence-corrected chi connectivity index (χ3v) is 6.07. The van der Waals surface area contributed by atoms with Gasteiger partial charge in [0.05, 0.1) is 11.6 Å². The first-order valence-corrected chi connectivity index (χ1v) is 9.82. The fourth-order valence-corrected chi connectivity index (χ4v) is 4.48. The van der Waals surface area contributed by atoms with Gasteiger partial charge in [0, 0.05) is 32.9 Å². The van der Waals surface area contributed by atoms with E-state index in [1.807, 2.05) is 12.3 Å². The van der Waals surface area contributed by atoms with E-state index in [2.05, 4.69) is 57.9 Å². The molecule has 0 bridgehead atoms. The first-order valence-electron chi connectivity index (χ1n) is 9.00. The Morgan fingerprint density at radius 3 is 2.46 bits per heavy atom. The van der Waals surface area contributed by atoms with E-state index in [1.54, 1.807) is 11.3 Å². The van der Waals surface area contributed by atoms with Gasteiger partial charge in [-0.15, -0.1) is 24.8 Å². The number of aryl methyl sites for hydroxylation is 1. The molecule has 5 nitrogen and oxygen atoms in total. The molecule has 3 heterocycles. The molecule has 0 spiro atoms. The van der Waals surface area contributed by atoms with Crippen molar-refractivity contribution in [3.05, 3.63) is 59.0 Å². The summed E-state index contributed by atoms with van der Waals surface area (Å²) in [6.45, 7) is 3.44. The fraction of sp³-hybridized carbons (Fsp3) is 0.400. The van der Waals surface area contributed by atoms with Crippen molar-refractivity contribution >= 4 is 46.5 Å². The molecule has 0 unspecified atom stereocenters. The molecular formula is C20H28Cl2N4OS. The minimum atomic E-state index is 0. The SMILES string of the molecule is Cl.Cl.Cn1c(=NC2CCN(CCc3ccccc3)CC2)sc2ncccc21.O. The lowest BCUT2D eigenvalue weighted by Crippen LogP contribution is -2.37. The monoisotopic (exact) mass is 442 g/mol. The van der Waals surface area contributed by atoms with Crippen molar-refractivity contribution in [2.45, 2.75) is 25.3 Å². The number of fused-ring (bicyclic) bond motifs is 1. The zero-order valence-electron chi connectivity index (χ0n) is 16.0. The smallest absolute Gasteiger partial charge is 0.187 e. The Labute approximate surface area is 182 Å². The van der Waals surface area contributed by atoms with Crippen LogP contribution in [-0.2, 0) is 13.5 Å². The summed E-state index contributed by atoms with van der Waals surface area (Å²) in [5.74, 6) is 0. The van der Waals surface area contributed by atoms with Crippen molar-refractivity contribution in [2.75, 3.05) is 19.6 Å². The third-order valence-electron chi connectivity index (χ3n) is 5.00. The molecule has 0 atom stereocenters. The van der Waals surface area contributed by atoms with Crippen LogP contribution < -0.4 is 4.80 Å². The number of benzene rings is 1. The number of pyridine rings is 1. The minimum absolute atomic E-state index is 0. The van der Waals surface area contributed by atoms with Gasteiger partial charge in [0.25, 0.3) is 0 Å². The Bertz CT molecular complexity index is 905. The first-order chi connectivity index (χ1) is 12.3. The molecule has 0 aliphatic carbocycles. The predicted molar refractivity (Wildman–Crippen MR) is 122 cm³/mol. The van der Waals surface area contributed by atoms with E-state index in [0.717, 1.165) is 48.5 Å². The largest absolute Gasteiger partial charge is 0.412 e. The van der Waals surface area contributed by atoms with Crippen LogP contribution in [0.2, 0.25) is 0 Å². The van der Waals surface area contributed by atoms with Crippen LogP contribution in [0, 0.1) is 0 Å². The van der Waals surface area contributed by atoms with Gasteiger partial charge in [-0.3, -0.25) is 4.99 Å². The van der Waals surface area contributed by atoms with Crippen LogP contribution in [0.5, 0.6) is 0 Å². The maximum Gasteiger partial charge on any atom is 0.187 e. The number of likely N-dealkylation sites (tertiary alicyclic amines) is 1. The summed E-state index contributed by atoms with van der Waals surface area (Å²) < 4.78 is 2.18. The van der Waals surface area contributed by atoms with Gasteiger partial charge in [0.2, 0.25) is 0 Å². The molecule has 0 saturated carbocycles. The number of thiazole rings is 1. The summed E-state index contributed by atoms with van der Waals surface area (Å²) in [5, 5.41) is 0. The Hall–Kier alpha value is -1.44. The zero-order valence-corrected chi connectivity index (χ0v) is 18.4. The van der Waals surface area contributed by atoms with Gasteiger partial charge in [-0.1, -0.05) is 41.7 Å². The van der Waals surface area contributed by atoms with Crippen molar-refractivity contribution in [1.82, 2.24) is 14.5 Å². The minimum Gasteiger partial charge on any atom is -0.412 e. The van der Waals surface area contributed by atoms with E-state index in [0.29, 0.717) is 6.04 Å². The normalized spacial score (nSPS) is 15.5. The van der Waals surface area contributed by atoms with Crippen LogP contribution in [0.25, 0.3) is 10.3 Å². The van der Waals surface area contributed by atoms with E-state index in [9.17, 15) is 0 Å². The first kappa shape index (κ1) is 24.6. The highest BCUT2D eigenvalue weighted by atomic mass is 35.5. The summed E-state index contributed by atoms with van der Waals surface area (Å²) in [4.78, 5) is 14.2. The Morgan fingerprint density at radius 1 is 1.07 bits per heavy atom. The van der Waals surface area contributed by atoms with Crippen molar-refractivity contribution in [3.63, 3.8) is 0 Å². The average molecular weight is 443 g/mol. The number of piperidine rings is 1. The van der Waals surface area contributed by atoms with E-state index in [4.69, 9.17) is 4.99 Å². The highest BCUT2D eigenvalue weighted by Gasteiger charge is 2.18. The van der Waals surface area contributed by atoms with Gasteiger partial charge in [0.15, 0.2) is 4.80 Å². The topological polar surface area (TPSA) is 64.9 Å². The number of hydrogen-bond donors (Lipinski definition) is 0. The second-order valence-corrected chi connectivity index (χ2v) is 7.66. The average Bonchev–Trinajstić information content (AvgIpc) is 2.98. The second kappa shape index (κ2) is 11.5. The molecule has 28 heavy (non-hydrogen) atoms. The van der Waals surface area contributed by atoms with Crippen LogP contribution in [0.1, 0.15) is 18.4 Å². The highest BCUT2D eigenvalue weighted by Crippen LogP contribution is 2.16. The highest BCUT2D eigenvalue weighted by molar-refractivity contribution is 7.15. The number of rotatable bonds is 4. The van der Waals surface area contributed by atoms with Crippen LogP contribution in [0.15, 0.2) is 53.7 Å². The molecule has 1 fully saturated rings. The predicted octanol–water partition coefficient (Wildman–Crippen LogP) is 3.26. The molecule has 0 radical (unpaired) electrons. The molecule has 1 aromatic carbocycles. The molecule has 4 rings (SSSR count). The lowest BCUT2D eigenvalue weighted by atomic mass is 10.0. The van der Waals surface area contributed by atoms with Gasteiger partial charge in [-0.05, 0) is 37.0 Å². The van der Waals surface area contributed by atoms with Crippen LogP contribution in [0.3, 0.4) is 0 Å². The molecule has 1 saturated heterocycles. The van der Waals surface area contributed by atoms with Gasteiger partial charge < -0.3 is 14.9 Å². The second-order valence-electron chi connectivity index (χ2n) is 6.71. The molecule has 1 aliphatic heterocycles. The van der Waals surface area contributed by atoms with Crippen LogP contribution in [0.4, 0.5) is 0 Å². The molecular weight excluding hydrogens is 415 g/mol. The number of halogens is 2. The summed E-state index contributed by atoms with van der Waals surface area (Å²) in [5.41, 5.74) is 2.60. The molecule has 8 heteroatoms. The zero-order chi connectivity index (χ0) is 17.1. The van der Waals surface area contributed by atoms with Gasteiger partial charge >= 0.3 is 0 Å². The molecule has 0 amide bonds. The molecule has 154 valence electrons. The molecule has 2 aromatic heterocycles. The maximum absolute atomic E-state index is 5.02. The Kier molecular flexibility index (Phi) is 10.1. The molecule has 1 aliphatic rings. The van der Waals surface area contributed by atoms with Gasteiger partial charge in [-0.2, -0.15) is 0 Å². The molecule has 2 N–H and O–H groups in total. The van der Waals surface area contributed by atoms with Crippen molar-refractivity contribution in [1.29, 1.82) is 0 Å². The standard InChI is InChI=1S/C20H24N4S.2ClH.H2O/c1-23-18-8-5-12-21-19(18)25-20(23)22-17-10-14-24(15-11-17)13-9-16-6-3-2-4-7-16;;;/h2-8,12,17H,9-11,13-15H2,1H3;2*1H;1H2. The summed E-state index contributed by atoms with van der Waals surface area (Å²) >= 11 is 1.70. The van der Waals surface area contributed by atoms with Crippen LogP contribution >= 0.6 is 36.2 Å². The number of hydrogen-bond acceptors (Lipinski definition) is 4. The Morgan fingerprint density at radius 2 is 1.79 bits per heavy atom. The van der Waals surface area contributed by atoms with Gasteiger partial charge in [-0.25, -0.2) is 4.98 Å². The summed E-state index contributed by atoms with van der Waals surface area (Å²) in [7, 11) is 2.09. The van der Waals surface area contributed by atoms with E-state index in [1.165, 1.54) is 11.1 Å². The number of aromatic nitrogens is 2. The fourth-order valence-electron chi connectivity index (χ4n) is 3.45. The van der Waals surface area contributed by atoms with E-state index >= 15 is 0 Å². The summed E-state index contributed by atoms with van der Waals surface area (Å²) in [6, 6.07) is 15.3. The van der Waals surface area contributed by atoms with Crippen molar-refractivity contribution in [2.24, 2.45) is 12.0 Å².